The largest absolute Gasteiger partial charge is 0.332 e. The van der Waals surface area contributed by atoms with Gasteiger partial charge in [-0.2, -0.15) is 0 Å². The minimum Gasteiger partial charge on any atom is -0.277 e. The van der Waals surface area contributed by atoms with E-state index >= 15 is 0 Å². The number of nitrogens with zero attached hydrogens (tertiary/aromatic N) is 3. The Balaban J connectivity index is 2.27. The van der Waals surface area contributed by atoms with Crippen LogP contribution in [0.5, 0.6) is 0 Å². The summed E-state index contributed by atoms with van der Waals surface area (Å²) in [6, 6.07) is 10.8. The van der Waals surface area contributed by atoms with Crippen LogP contribution < -0.4 is 11.2 Å². The fourth-order valence-corrected chi connectivity index (χ4v) is 2.79. The summed E-state index contributed by atoms with van der Waals surface area (Å²) in [5.74, 6) is 0. The highest BCUT2D eigenvalue weighted by Gasteiger charge is 2.13. The Hall–Kier alpha value is -2.40. The molecule has 0 fully saturated rings. The third-order valence-electron chi connectivity index (χ3n) is 4.06. The second-order valence-electron chi connectivity index (χ2n) is 5.73. The summed E-state index contributed by atoms with van der Waals surface area (Å²) in [5.41, 5.74) is 1.37. The van der Waals surface area contributed by atoms with Gasteiger partial charge in [0.05, 0.1) is 11.1 Å². The third-order valence-corrected chi connectivity index (χ3v) is 4.31. The summed E-state index contributed by atoms with van der Waals surface area (Å²) in [6.07, 6.45) is 1.80. The van der Waals surface area contributed by atoms with Gasteiger partial charge in [-0.15, -0.1) is 0 Å². The number of aryl methyl sites for hydroxylation is 1. The predicted molar refractivity (Wildman–Crippen MR) is 96.6 cm³/mol. The molecule has 24 heavy (non-hydrogen) atoms. The first kappa shape index (κ1) is 16.5. The molecule has 0 saturated heterocycles. The van der Waals surface area contributed by atoms with E-state index in [-0.39, 0.29) is 11.2 Å². The lowest BCUT2D eigenvalue weighted by atomic mass is 10.1. The fourth-order valence-electron chi connectivity index (χ4n) is 2.66. The molecule has 3 aromatic rings. The smallest absolute Gasteiger partial charge is 0.277 e. The van der Waals surface area contributed by atoms with Crippen molar-refractivity contribution in [2.45, 2.75) is 26.3 Å². The van der Waals surface area contributed by atoms with E-state index < -0.39 is 0 Å². The summed E-state index contributed by atoms with van der Waals surface area (Å²) in [6.45, 7) is 2.60. The molecule has 0 spiro atoms. The predicted octanol–water partition coefficient (Wildman–Crippen LogP) is 3.22. The van der Waals surface area contributed by atoms with E-state index in [0.717, 1.165) is 23.0 Å². The molecule has 1 aromatic carbocycles. The second kappa shape index (κ2) is 6.61. The molecule has 6 heteroatoms. The summed E-state index contributed by atoms with van der Waals surface area (Å²) in [4.78, 5) is 29.4. The highest BCUT2D eigenvalue weighted by atomic mass is 35.5. The Bertz CT molecular complexity index is 1000. The fraction of sp³-hybridized carbons (Fsp3) is 0.278. The lowest BCUT2D eigenvalue weighted by Crippen LogP contribution is -2.38. The zero-order valence-electron chi connectivity index (χ0n) is 13.6. The Kier molecular flexibility index (Phi) is 4.53. The first-order valence-electron chi connectivity index (χ1n) is 7.89. The minimum absolute atomic E-state index is 0.321. The van der Waals surface area contributed by atoms with Gasteiger partial charge in [0, 0.05) is 24.2 Å². The van der Waals surface area contributed by atoms with Gasteiger partial charge in [-0.25, -0.2) is 9.78 Å². The molecule has 2 heterocycles. The van der Waals surface area contributed by atoms with Crippen molar-refractivity contribution in [2.75, 3.05) is 0 Å². The molecule has 0 saturated carbocycles. The summed E-state index contributed by atoms with van der Waals surface area (Å²) in [7, 11) is 1.50. The number of pyridine rings is 1. The van der Waals surface area contributed by atoms with E-state index in [1.165, 1.54) is 7.05 Å². The van der Waals surface area contributed by atoms with Crippen LogP contribution in [-0.4, -0.2) is 14.1 Å². The van der Waals surface area contributed by atoms with Crippen LogP contribution in [0.15, 0.2) is 46.0 Å². The lowest BCUT2D eigenvalue weighted by Gasteiger charge is -2.12. The molecule has 0 amide bonds. The van der Waals surface area contributed by atoms with Crippen LogP contribution in [0, 0.1) is 0 Å². The zero-order valence-corrected chi connectivity index (χ0v) is 14.4. The van der Waals surface area contributed by atoms with Gasteiger partial charge in [0.25, 0.3) is 5.56 Å². The van der Waals surface area contributed by atoms with Crippen LogP contribution in [0.3, 0.4) is 0 Å². The summed E-state index contributed by atoms with van der Waals surface area (Å²) < 4.78 is 2.72. The van der Waals surface area contributed by atoms with Crippen LogP contribution >= 0.6 is 11.6 Å². The molecular weight excluding hydrogens is 326 g/mol. The molecule has 0 radical (unpaired) electrons. The van der Waals surface area contributed by atoms with Crippen LogP contribution in [-0.2, 0) is 13.6 Å². The molecule has 0 unspecified atom stereocenters. The van der Waals surface area contributed by atoms with E-state index in [0.29, 0.717) is 28.3 Å². The van der Waals surface area contributed by atoms with Crippen LogP contribution in [0.2, 0.25) is 5.02 Å². The van der Waals surface area contributed by atoms with Gasteiger partial charge in [0.1, 0.15) is 5.65 Å². The number of rotatable bonds is 4. The number of hydrogen-bond donors (Lipinski definition) is 0. The molecule has 0 N–H and O–H groups in total. The van der Waals surface area contributed by atoms with Crippen molar-refractivity contribution in [3.8, 4) is 11.3 Å². The molecule has 0 aliphatic carbocycles. The molecule has 0 atom stereocenters. The maximum Gasteiger partial charge on any atom is 0.332 e. The quantitative estimate of drug-likeness (QED) is 0.731. The van der Waals surface area contributed by atoms with Crippen LogP contribution in [0.4, 0.5) is 0 Å². The maximum atomic E-state index is 12.5. The van der Waals surface area contributed by atoms with Crippen molar-refractivity contribution in [2.24, 2.45) is 7.05 Å². The molecule has 0 aliphatic heterocycles. The lowest BCUT2D eigenvalue weighted by molar-refractivity contribution is 0.583. The zero-order chi connectivity index (χ0) is 17.3. The van der Waals surface area contributed by atoms with Gasteiger partial charge in [-0.05, 0) is 30.7 Å². The Morgan fingerprint density at radius 3 is 2.46 bits per heavy atom. The molecule has 0 bridgehead atoms. The average Bonchev–Trinajstić information content (AvgIpc) is 2.60. The Morgan fingerprint density at radius 2 is 1.79 bits per heavy atom. The summed E-state index contributed by atoms with van der Waals surface area (Å²) >= 11 is 5.93. The molecule has 124 valence electrons. The standard InChI is InChI=1S/C18H18ClN3O2/c1-3-4-11-22-16-14(17(23)21(2)18(22)24)9-10-15(20-16)12-5-7-13(19)8-6-12/h5-10H,3-4,11H2,1-2H3. The number of fused-ring (bicyclic) bond motifs is 1. The van der Waals surface area contributed by atoms with Crippen molar-refractivity contribution >= 4 is 22.6 Å². The number of aromatic nitrogens is 3. The molecule has 3 rings (SSSR count). The molecule has 2 aromatic heterocycles. The summed E-state index contributed by atoms with van der Waals surface area (Å²) in [5, 5.41) is 1.10. The Morgan fingerprint density at radius 1 is 1.08 bits per heavy atom. The van der Waals surface area contributed by atoms with Crippen molar-refractivity contribution < 1.29 is 0 Å². The number of halogens is 1. The first-order chi connectivity index (χ1) is 11.5. The second-order valence-corrected chi connectivity index (χ2v) is 6.16. The van der Waals surface area contributed by atoms with Crippen molar-refractivity contribution in [1.29, 1.82) is 0 Å². The van der Waals surface area contributed by atoms with Crippen LogP contribution in [0.25, 0.3) is 22.3 Å². The third kappa shape index (κ3) is 2.87. The van der Waals surface area contributed by atoms with Gasteiger partial charge >= 0.3 is 5.69 Å². The Labute approximate surface area is 144 Å². The van der Waals surface area contributed by atoms with Gasteiger partial charge < -0.3 is 0 Å². The normalized spacial score (nSPS) is 11.1. The van der Waals surface area contributed by atoms with Crippen molar-refractivity contribution in [3.63, 3.8) is 0 Å². The van der Waals surface area contributed by atoms with Gasteiger partial charge in [0.2, 0.25) is 0 Å². The highest BCUT2D eigenvalue weighted by Crippen LogP contribution is 2.21. The molecule has 5 nitrogen and oxygen atoms in total. The van der Waals surface area contributed by atoms with Crippen molar-refractivity contribution in [3.05, 3.63) is 62.3 Å². The molecule has 0 aliphatic rings. The van der Waals surface area contributed by atoms with E-state index in [1.54, 1.807) is 28.8 Å². The minimum atomic E-state index is -0.332. The van der Waals surface area contributed by atoms with E-state index in [9.17, 15) is 9.59 Å². The monoisotopic (exact) mass is 343 g/mol. The van der Waals surface area contributed by atoms with E-state index in [1.807, 2.05) is 12.1 Å². The van der Waals surface area contributed by atoms with Gasteiger partial charge in [-0.3, -0.25) is 13.9 Å². The van der Waals surface area contributed by atoms with Gasteiger partial charge in [0.15, 0.2) is 0 Å². The first-order valence-corrected chi connectivity index (χ1v) is 8.27. The van der Waals surface area contributed by atoms with E-state index in [2.05, 4.69) is 11.9 Å². The van der Waals surface area contributed by atoms with E-state index in [4.69, 9.17) is 11.6 Å². The molecular formula is C18H18ClN3O2. The number of benzene rings is 1. The average molecular weight is 344 g/mol. The highest BCUT2D eigenvalue weighted by molar-refractivity contribution is 6.30. The van der Waals surface area contributed by atoms with Gasteiger partial charge in [-0.1, -0.05) is 37.1 Å². The number of hydrogen-bond acceptors (Lipinski definition) is 3. The van der Waals surface area contributed by atoms with Crippen molar-refractivity contribution in [1.82, 2.24) is 14.1 Å². The SMILES string of the molecule is CCCCn1c(=O)n(C)c(=O)c2ccc(-c3ccc(Cl)cc3)nc21. The van der Waals surface area contributed by atoms with Crippen LogP contribution in [0.1, 0.15) is 19.8 Å². The maximum absolute atomic E-state index is 12.5. The topological polar surface area (TPSA) is 56.9 Å². The number of unbranched alkanes of at least 4 members (excludes halogenated alkanes) is 1.